The molecule has 0 unspecified atom stereocenters. The fraction of sp³-hybridized carbons (Fsp3) is 0.857. The molecule has 0 spiro atoms. The second-order valence-electron chi connectivity index (χ2n) is 5.86. The van der Waals surface area contributed by atoms with Crippen molar-refractivity contribution in [2.75, 3.05) is 33.2 Å². The van der Waals surface area contributed by atoms with Crippen LogP contribution in [0.25, 0.3) is 0 Å². The Labute approximate surface area is 116 Å². The van der Waals surface area contributed by atoms with E-state index in [4.69, 9.17) is 0 Å². The topological polar surface area (TPSA) is 61.4 Å². The van der Waals surface area contributed by atoms with Gasteiger partial charge in [-0.25, -0.2) is 0 Å². The maximum Gasteiger partial charge on any atom is 0.236 e. The highest BCUT2D eigenvalue weighted by atomic mass is 16.2. The molecule has 0 aromatic rings. The number of carbonyl (C=O) groups is 2. The summed E-state index contributed by atoms with van der Waals surface area (Å²) in [5.41, 5.74) is -0.492. The van der Waals surface area contributed by atoms with Crippen molar-refractivity contribution in [1.82, 2.24) is 15.5 Å². The van der Waals surface area contributed by atoms with E-state index in [2.05, 4.69) is 10.6 Å². The molecule has 1 aliphatic rings. The summed E-state index contributed by atoms with van der Waals surface area (Å²) < 4.78 is 0. The first kappa shape index (κ1) is 16.0. The smallest absolute Gasteiger partial charge is 0.236 e. The number of likely N-dealkylation sites (tertiary alicyclic amines) is 1. The molecule has 0 bridgehead atoms. The Balaban J connectivity index is 2.31. The molecule has 110 valence electrons. The van der Waals surface area contributed by atoms with E-state index in [1.807, 2.05) is 18.7 Å². The largest absolute Gasteiger partial charge is 0.359 e. The maximum absolute atomic E-state index is 12.0. The molecule has 5 heteroatoms. The molecule has 0 aromatic carbocycles. The SMILES string of the molecule is CNC(=O)C(C)(C)CNCC(=O)N1CCCCCC1. The van der Waals surface area contributed by atoms with E-state index in [9.17, 15) is 9.59 Å². The quantitative estimate of drug-likeness (QED) is 0.774. The van der Waals surface area contributed by atoms with Crippen LogP contribution in [0.2, 0.25) is 0 Å². The van der Waals surface area contributed by atoms with E-state index in [1.54, 1.807) is 7.05 Å². The van der Waals surface area contributed by atoms with Gasteiger partial charge in [0.15, 0.2) is 0 Å². The molecule has 0 aliphatic carbocycles. The van der Waals surface area contributed by atoms with Crippen LogP contribution < -0.4 is 10.6 Å². The minimum absolute atomic E-state index is 0.0118. The number of hydrogen-bond acceptors (Lipinski definition) is 3. The van der Waals surface area contributed by atoms with E-state index in [0.717, 1.165) is 25.9 Å². The molecular weight excluding hydrogens is 242 g/mol. The molecule has 5 nitrogen and oxygen atoms in total. The van der Waals surface area contributed by atoms with Crippen LogP contribution in [0.3, 0.4) is 0 Å². The lowest BCUT2D eigenvalue weighted by molar-refractivity contribution is -0.131. The van der Waals surface area contributed by atoms with Crippen LogP contribution in [0.5, 0.6) is 0 Å². The van der Waals surface area contributed by atoms with Crippen molar-refractivity contribution in [3.8, 4) is 0 Å². The van der Waals surface area contributed by atoms with Gasteiger partial charge in [0.25, 0.3) is 0 Å². The third-order valence-electron chi connectivity index (χ3n) is 3.64. The molecule has 2 N–H and O–H groups in total. The second kappa shape index (κ2) is 7.48. The van der Waals surface area contributed by atoms with Crippen molar-refractivity contribution in [3.05, 3.63) is 0 Å². The molecule has 1 aliphatic heterocycles. The van der Waals surface area contributed by atoms with Gasteiger partial charge in [-0.1, -0.05) is 12.8 Å². The standard InChI is InChI=1S/C14H27N3O2/c1-14(2,13(19)15-3)11-16-10-12(18)17-8-6-4-5-7-9-17/h16H,4-11H2,1-3H3,(H,15,19). The maximum atomic E-state index is 12.0. The van der Waals surface area contributed by atoms with E-state index < -0.39 is 5.41 Å². The molecule has 1 saturated heterocycles. The molecule has 0 saturated carbocycles. The summed E-state index contributed by atoms with van der Waals surface area (Å²) in [6, 6.07) is 0. The zero-order valence-electron chi connectivity index (χ0n) is 12.4. The molecular formula is C14H27N3O2. The van der Waals surface area contributed by atoms with Crippen molar-refractivity contribution >= 4 is 11.8 Å². The highest BCUT2D eigenvalue weighted by Crippen LogP contribution is 2.13. The number of carbonyl (C=O) groups excluding carboxylic acids is 2. The average molecular weight is 269 g/mol. The Morgan fingerprint density at radius 3 is 2.21 bits per heavy atom. The zero-order valence-corrected chi connectivity index (χ0v) is 12.4. The molecule has 1 rings (SSSR count). The van der Waals surface area contributed by atoms with Gasteiger partial charge in [0.05, 0.1) is 12.0 Å². The number of nitrogens with one attached hydrogen (secondary N) is 2. The molecule has 0 atom stereocenters. The van der Waals surface area contributed by atoms with Gasteiger partial charge in [-0.05, 0) is 26.7 Å². The molecule has 1 fully saturated rings. The van der Waals surface area contributed by atoms with Crippen molar-refractivity contribution in [2.45, 2.75) is 39.5 Å². The van der Waals surface area contributed by atoms with Gasteiger partial charge < -0.3 is 15.5 Å². The van der Waals surface area contributed by atoms with Crippen LogP contribution in [0.15, 0.2) is 0 Å². The van der Waals surface area contributed by atoms with Crippen LogP contribution in [-0.2, 0) is 9.59 Å². The first-order valence-electron chi connectivity index (χ1n) is 7.18. The predicted octanol–water partition coefficient (Wildman–Crippen LogP) is 0.751. The predicted molar refractivity (Wildman–Crippen MR) is 75.8 cm³/mol. The molecule has 2 amide bonds. The van der Waals surface area contributed by atoms with Crippen LogP contribution in [0.1, 0.15) is 39.5 Å². The highest BCUT2D eigenvalue weighted by Gasteiger charge is 2.26. The minimum atomic E-state index is -0.492. The lowest BCUT2D eigenvalue weighted by Gasteiger charge is -2.24. The summed E-state index contributed by atoms with van der Waals surface area (Å²) in [6.45, 7) is 6.32. The normalized spacial score (nSPS) is 16.9. The summed E-state index contributed by atoms with van der Waals surface area (Å²) in [5.74, 6) is 0.136. The van der Waals surface area contributed by atoms with Crippen molar-refractivity contribution < 1.29 is 9.59 Å². The number of amides is 2. The van der Waals surface area contributed by atoms with E-state index in [-0.39, 0.29) is 11.8 Å². The molecule has 1 heterocycles. The monoisotopic (exact) mass is 269 g/mol. The van der Waals surface area contributed by atoms with Crippen LogP contribution >= 0.6 is 0 Å². The Morgan fingerprint density at radius 2 is 1.68 bits per heavy atom. The van der Waals surface area contributed by atoms with E-state index >= 15 is 0 Å². The van der Waals surface area contributed by atoms with E-state index in [0.29, 0.717) is 13.1 Å². The van der Waals surface area contributed by atoms with Gasteiger partial charge >= 0.3 is 0 Å². The Kier molecular flexibility index (Phi) is 6.28. The zero-order chi connectivity index (χ0) is 14.3. The summed E-state index contributed by atoms with van der Waals surface area (Å²) in [4.78, 5) is 25.6. The first-order chi connectivity index (χ1) is 8.97. The molecule has 0 aromatic heterocycles. The van der Waals surface area contributed by atoms with Gasteiger partial charge in [0.1, 0.15) is 0 Å². The summed E-state index contributed by atoms with van der Waals surface area (Å²) in [5, 5.41) is 5.75. The van der Waals surface area contributed by atoms with Gasteiger partial charge in [-0.3, -0.25) is 9.59 Å². The summed E-state index contributed by atoms with van der Waals surface area (Å²) in [6.07, 6.45) is 4.66. The van der Waals surface area contributed by atoms with Crippen molar-refractivity contribution in [3.63, 3.8) is 0 Å². The molecule has 19 heavy (non-hydrogen) atoms. The third kappa shape index (κ3) is 5.19. The first-order valence-corrected chi connectivity index (χ1v) is 7.18. The van der Waals surface area contributed by atoms with E-state index in [1.165, 1.54) is 12.8 Å². The molecule has 0 radical (unpaired) electrons. The average Bonchev–Trinajstić information content (AvgIpc) is 2.66. The van der Waals surface area contributed by atoms with Crippen molar-refractivity contribution in [1.29, 1.82) is 0 Å². The van der Waals surface area contributed by atoms with Crippen LogP contribution in [0, 0.1) is 5.41 Å². The summed E-state index contributed by atoms with van der Waals surface area (Å²) >= 11 is 0. The highest BCUT2D eigenvalue weighted by molar-refractivity contribution is 5.82. The second-order valence-corrected chi connectivity index (χ2v) is 5.86. The number of hydrogen-bond donors (Lipinski definition) is 2. The van der Waals surface area contributed by atoms with Gasteiger partial charge in [-0.2, -0.15) is 0 Å². The van der Waals surface area contributed by atoms with Crippen LogP contribution in [0.4, 0.5) is 0 Å². The van der Waals surface area contributed by atoms with Crippen molar-refractivity contribution in [2.24, 2.45) is 5.41 Å². The fourth-order valence-corrected chi connectivity index (χ4v) is 2.33. The fourth-order valence-electron chi connectivity index (χ4n) is 2.33. The van der Waals surface area contributed by atoms with Gasteiger partial charge in [-0.15, -0.1) is 0 Å². The van der Waals surface area contributed by atoms with Crippen LogP contribution in [-0.4, -0.2) is 49.9 Å². The Bertz CT molecular complexity index is 308. The minimum Gasteiger partial charge on any atom is -0.359 e. The third-order valence-corrected chi connectivity index (χ3v) is 3.64. The summed E-state index contributed by atoms with van der Waals surface area (Å²) in [7, 11) is 1.63. The van der Waals surface area contributed by atoms with Gasteiger partial charge in [0, 0.05) is 26.7 Å². The number of rotatable bonds is 5. The van der Waals surface area contributed by atoms with Gasteiger partial charge in [0.2, 0.25) is 11.8 Å². The Morgan fingerprint density at radius 1 is 1.11 bits per heavy atom. The number of nitrogens with zero attached hydrogens (tertiary/aromatic N) is 1. The Hall–Kier alpha value is -1.10. The lowest BCUT2D eigenvalue weighted by atomic mass is 9.92. The lowest BCUT2D eigenvalue weighted by Crippen LogP contribution is -2.45.